The van der Waals surface area contributed by atoms with Crippen molar-refractivity contribution in [2.75, 3.05) is 19.8 Å². The second-order valence-corrected chi connectivity index (χ2v) is 6.23. The van der Waals surface area contributed by atoms with E-state index in [0.717, 1.165) is 31.6 Å². The van der Waals surface area contributed by atoms with Crippen LogP contribution in [0, 0.1) is 0 Å². The Bertz CT molecular complexity index is 387. The van der Waals surface area contributed by atoms with Crippen LogP contribution in [0.25, 0.3) is 0 Å². The molecule has 0 bridgehead atoms. The van der Waals surface area contributed by atoms with Crippen molar-refractivity contribution in [3.63, 3.8) is 0 Å². The first-order chi connectivity index (χ1) is 10.0. The molecule has 0 saturated carbocycles. The van der Waals surface area contributed by atoms with E-state index < -0.39 is 0 Å². The van der Waals surface area contributed by atoms with E-state index in [1.807, 2.05) is 12.1 Å². The molecule has 2 N–H and O–H groups in total. The largest absolute Gasteiger partial charge is 0.494 e. The maximum Gasteiger partial charge on any atom is 0.119 e. The first-order valence-corrected chi connectivity index (χ1v) is 8.11. The molecular weight excluding hydrogens is 262 g/mol. The molecule has 0 aromatic heterocycles. The molecule has 0 heterocycles. The van der Waals surface area contributed by atoms with Gasteiger partial charge in [-0.2, -0.15) is 0 Å². The summed E-state index contributed by atoms with van der Waals surface area (Å²) in [5, 5.41) is 12.6. The molecule has 0 fully saturated rings. The molecule has 1 unspecified atom stereocenters. The van der Waals surface area contributed by atoms with Crippen molar-refractivity contribution >= 4 is 0 Å². The van der Waals surface area contributed by atoms with Gasteiger partial charge in [0.1, 0.15) is 5.75 Å². The Balaban J connectivity index is 2.42. The van der Waals surface area contributed by atoms with E-state index in [4.69, 9.17) is 4.74 Å². The highest BCUT2D eigenvalue weighted by Crippen LogP contribution is 2.28. The summed E-state index contributed by atoms with van der Waals surface area (Å²) in [5.74, 6) is 0.901. The minimum Gasteiger partial charge on any atom is -0.494 e. The summed E-state index contributed by atoms with van der Waals surface area (Å²) >= 11 is 0. The van der Waals surface area contributed by atoms with Crippen molar-refractivity contribution in [3.05, 3.63) is 29.8 Å². The normalized spacial score (nSPS) is 13.2. The molecule has 0 amide bonds. The molecule has 0 aliphatic heterocycles. The van der Waals surface area contributed by atoms with Crippen LogP contribution >= 0.6 is 0 Å². The molecule has 1 aromatic rings. The Morgan fingerprint density at radius 1 is 1.19 bits per heavy atom. The molecule has 0 spiro atoms. The molecule has 1 aromatic carbocycles. The quantitative estimate of drug-likeness (QED) is 0.693. The van der Waals surface area contributed by atoms with Gasteiger partial charge in [0, 0.05) is 6.04 Å². The summed E-state index contributed by atoms with van der Waals surface area (Å²) in [6.07, 6.45) is 3.01. The average Bonchev–Trinajstić information content (AvgIpc) is 2.51. The van der Waals surface area contributed by atoms with Gasteiger partial charge in [-0.25, -0.2) is 0 Å². The van der Waals surface area contributed by atoms with Crippen LogP contribution < -0.4 is 10.1 Å². The van der Waals surface area contributed by atoms with Crippen molar-refractivity contribution in [1.29, 1.82) is 0 Å². The molecule has 1 rings (SSSR count). The lowest BCUT2D eigenvalue weighted by molar-refractivity contribution is 0.209. The molecule has 1 atom stereocenters. The second kappa shape index (κ2) is 9.06. The minimum atomic E-state index is 0.128. The molecule has 3 heteroatoms. The number of ether oxygens (including phenoxy) is 1. The highest BCUT2D eigenvalue weighted by molar-refractivity contribution is 5.31. The highest BCUT2D eigenvalue weighted by Gasteiger charge is 2.17. The van der Waals surface area contributed by atoms with Gasteiger partial charge in [-0.05, 0) is 48.9 Å². The van der Waals surface area contributed by atoms with Crippen LogP contribution in [0.3, 0.4) is 0 Å². The molecule has 21 heavy (non-hydrogen) atoms. The smallest absolute Gasteiger partial charge is 0.119 e. The summed E-state index contributed by atoms with van der Waals surface area (Å²) in [6, 6.07) is 8.51. The Hall–Kier alpha value is -1.06. The van der Waals surface area contributed by atoms with Crippen molar-refractivity contribution in [3.8, 4) is 5.75 Å². The van der Waals surface area contributed by atoms with Crippen LogP contribution in [0.15, 0.2) is 24.3 Å². The Morgan fingerprint density at radius 3 is 2.38 bits per heavy atom. The number of benzene rings is 1. The van der Waals surface area contributed by atoms with Crippen molar-refractivity contribution in [1.82, 2.24) is 5.32 Å². The lowest BCUT2D eigenvalue weighted by Gasteiger charge is -2.23. The first-order valence-electron chi connectivity index (χ1n) is 8.11. The number of rotatable bonds is 10. The zero-order valence-electron chi connectivity index (χ0n) is 14.0. The number of aliphatic hydroxyl groups is 1. The van der Waals surface area contributed by atoms with Gasteiger partial charge < -0.3 is 15.2 Å². The predicted molar refractivity (Wildman–Crippen MR) is 89.0 cm³/mol. The number of aliphatic hydroxyl groups excluding tert-OH is 1. The van der Waals surface area contributed by atoms with E-state index >= 15 is 0 Å². The van der Waals surface area contributed by atoms with E-state index in [2.05, 4.69) is 45.1 Å². The third kappa shape index (κ3) is 6.06. The van der Waals surface area contributed by atoms with Crippen LogP contribution in [-0.4, -0.2) is 30.9 Å². The van der Waals surface area contributed by atoms with E-state index in [1.54, 1.807) is 0 Å². The van der Waals surface area contributed by atoms with Gasteiger partial charge in [-0.15, -0.1) is 0 Å². The highest BCUT2D eigenvalue weighted by atomic mass is 16.5. The van der Waals surface area contributed by atoms with Crippen LogP contribution in [-0.2, 0) is 5.41 Å². The lowest BCUT2D eigenvalue weighted by Crippen LogP contribution is -2.34. The molecular formula is C18H31NO2. The second-order valence-electron chi connectivity index (χ2n) is 6.23. The molecule has 0 saturated heterocycles. The first kappa shape index (κ1) is 18.0. The van der Waals surface area contributed by atoms with Crippen molar-refractivity contribution < 1.29 is 9.84 Å². The van der Waals surface area contributed by atoms with Gasteiger partial charge in [0.25, 0.3) is 0 Å². The summed E-state index contributed by atoms with van der Waals surface area (Å²) < 4.78 is 5.77. The summed E-state index contributed by atoms with van der Waals surface area (Å²) in [7, 11) is 0. The number of hydrogen-bond acceptors (Lipinski definition) is 3. The minimum absolute atomic E-state index is 0.128. The van der Waals surface area contributed by atoms with E-state index in [1.165, 1.54) is 5.56 Å². The van der Waals surface area contributed by atoms with E-state index in [-0.39, 0.29) is 18.1 Å². The Labute approximate surface area is 129 Å². The van der Waals surface area contributed by atoms with Gasteiger partial charge >= 0.3 is 0 Å². The maximum atomic E-state index is 9.28. The third-order valence-electron chi connectivity index (χ3n) is 4.16. The van der Waals surface area contributed by atoms with Crippen LogP contribution in [0.4, 0.5) is 0 Å². The van der Waals surface area contributed by atoms with Crippen molar-refractivity contribution in [2.24, 2.45) is 0 Å². The topological polar surface area (TPSA) is 41.5 Å². The Kier molecular flexibility index (Phi) is 7.76. The number of nitrogens with one attached hydrogen (secondary N) is 1. The molecule has 3 nitrogen and oxygen atoms in total. The Morgan fingerprint density at radius 2 is 1.86 bits per heavy atom. The molecule has 0 aliphatic rings. The van der Waals surface area contributed by atoms with E-state index in [0.29, 0.717) is 6.61 Å². The SMILES string of the molecule is CCCNC(CO)CCOc1ccc(C(C)(C)CC)cc1. The molecule has 0 radical (unpaired) electrons. The van der Waals surface area contributed by atoms with Crippen LogP contribution in [0.1, 0.15) is 52.5 Å². The van der Waals surface area contributed by atoms with Gasteiger partial charge in [0.2, 0.25) is 0 Å². The summed E-state index contributed by atoms with van der Waals surface area (Å²) in [6.45, 7) is 10.6. The van der Waals surface area contributed by atoms with Crippen LogP contribution in [0.2, 0.25) is 0 Å². The zero-order chi connectivity index (χ0) is 15.7. The van der Waals surface area contributed by atoms with Crippen molar-refractivity contribution in [2.45, 2.75) is 58.4 Å². The van der Waals surface area contributed by atoms with E-state index in [9.17, 15) is 5.11 Å². The predicted octanol–water partition coefficient (Wildman–Crippen LogP) is 3.50. The lowest BCUT2D eigenvalue weighted by atomic mass is 9.82. The van der Waals surface area contributed by atoms with Gasteiger partial charge in [-0.3, -0.25) is 0 Å². The third-order valence-corrected chi connectivity index (χ3v) is 4.16. The fraction of sp³-hybridized carbons (Fsp3) is 0.667. The summed E-state index contributed by atoms with van der Waals surface area (Å²) in [5.41, 5.74) is 1.56. The van der Waals surface area contributed by atoms with Crippen LogP contribution in [0.5, 0.6) is 5.75 Å². The van der Waals surface area contributed by atoms with Gasteiger partial charge in [0.15, 0.2) is 0 Å². The average molecular weight is 293 g/mol. The number of hydrogen-bond donors (Lipinski definition) is 2. The fourth-order valence-corrected chi connectivity index (χ4v) is 2.13. The maximum absolute atomic E-state index is 9.28. The zero-order valence-corrected chi connectivity index (χ0v) is 14.0. The van der Waals surface area contributed by atoms with Gasteiger partial charge in [0.05, 0.1) is 13.2 Å². The standard InChI is InChI=1S/C18H31NO2/c1-5-12-19-16(14-20)11-13-21-17-9-7-15(8-10-17)18(3,4)6-2/h7-10,16,19-20H,5-6,11-14H2,1-4H3. The van der Waals surface area contributed by atoms with Gasteiger partial charge in [-0.1, -0.05) is 39.8 Å². The fourth-order valence-electron chi connectivity index (χ4n) is 2.13. The monoisotopic (exact) mass is 293 g/mol. The summed E-state index contributed by atoms with van der Waals surface area (Å²) in [4.78, 5) is 0. The molecule has 0 aliphatic carbocycles. The molecule has 120 valence electrons.